The molecular formula is C17H18B2Cl2FN3O5. The second-order valence-electron chi connectivity index (χ2n) is 6.11. The molecule has 13 heteroatoms. The maximum Gasteiger partial charge on any atom is 0.397 e. The first-order valence-corrected chi connectivity index (χ1v) is 9.70. The molecule has 8 nitrogen and oxygen atoms in total. The van der Waals surface area contributed by atoms with Gasteiger partial charge in [-0.15, -0.1) is 10.2 Å². The Morgan fingerprint density at radius 3 is 2.73 bits per heavy atom. The molecule has 2 aromatic rings. The van der Waals surface area contributed by atoms with E-state index in [2.05, 4.69) is 10.2 Å². The molecule has 0 amide bonds. The molecule has 0 aliphatic heterocycles. The van der Waals surface area contributed by atoms with Gasteiger partial charge >= 0.3 is 20.4 Å². The van der Waals surface area contributed by atoms with E-state index >= 15 is 0 Å². The summed E-state index contributed by atoms with van der Waals surface area (Å²) in [5.74, 6) is -1.45. The van der Waals surface area contributed by atoms with Crippen molar-refractivity contribution < 1.29 is 28.5 Å². The number of nitrogens with zero attached hydrogens (tertiary/aromatic N) is 3. The molecule has 0 aliphatic carbocycles. The van der Waals surface area contributed by atoms with Gasteiger partial charge in [0.25, 0.3) is 0 Å². The molecule has 1 heterocycles. The van der Waals surface area contributed by atoms with Crippen LogP contribution in [0, 0.1) is 5.82 Å². The van der Waals surface area contributed by atoms with E-state index < -0.39 is 24.9 Å². The van der Waals surface area contributed by atoms with Gasteiger partial charge in [-0.05, 0) is 32.8 Å². The highest BCUT2D eigenvalue weighted by molar-refractivity contribution is 6.82. The number of carbonyl (C=O) groups is 2. The van der Waals surface area contributed by atoms with E-state index in [1.54, 1.807) is 13.8 Å². The summed E-state index contributed by atoms with van der Waals surface area (Å²) in [7, 11) is -1.35. The Balaban J connectivity index is 2.54. The van der Waals surface area contributed by atoms with Crippen molar-refractivity contribution in [2.24, 2.45) is 0 Å². The lowest BCUT2D eigenvalue weighted by molar-refractivity contribution is 0.0517. The van der Waals surface area contributed by atoms with E-state index in [1.807, 2.05) is 0 Å². The molecule has 158 valence electrons. The molecule has 1 aromatic heterocycles. The van der Waals surface area contributed by atoms with Crippen molar-refractivity contribution in [3.05, 3.63) is 45.3 Å². The predicted octanol–water partition coefficient (Wildman–Crippen LogP) is 2.70. The number of hydrogen-bond donors (Lipinski definition) is 1. The highest BCUT2D eigenvalue weighted by Gasteiger charge is 2.27. The zero-order chi connectivity index (χ0) is 22.4. The largest absolute Gasteiger partial charge is 0.482 e. The molecule has 1 N–H and O–H groups in total. The van der Waals surface area contributed by atoms with Gasteiger partial charge in [0.05, 0.1) is 11.6 Å². The van der Waals surface area contributed by atoms with Gasteiger partial charge in [-0.3, -0.25) is 0 Å². The highest BCUT2D eigenvalue weighted by Crippen LogP contribution is 2.37. The van der Waals surface area contributed by atoms with Crippen molar-refractivity contribution in [3.8, 4) is 5.75 Å². The quantitative estimate of drug-likeness (QED) is 0.266. The number of halogens is 3. The number of esters is 1. The molecule has 1 atom stereocenters. The van der Waals surface area contributed by atoms with E-state index in [1.165, 1.54) is 23.7 Å². The van der Waals surface area contributed by atoms with Gasteiger partial charge in [0.1, 0.15) is 18.1 Å². The molecule has 1 aromatic carbocycles. The summed E-state index contributed by atoms with van der Waals surface area (Å²) in [4.78, 5) is 23.1. The van der Waals surface area contributed by atoms with Crippen LogP contribution in [0.4, 0.5) is 10.2 Å². The van der Waals surface area contributed by atoms with Gasteiger partial charge < -0.3 is 24.0 Å². The first kappa shape index (κ1) is 23.9. The van der Waals surface area contributed by atoms with Crippen molar-refractivity contribution >= 4 is 55.6 Å². The number of benzene rings is 1. The zero-order valence-electron chi connectivity index (χ0n) is 16.4. The minimum Gasteiger partial charge on any atom is -0.482 e. The highest BCUT2D eigenvalue weighted by atomic mass is 35.5. The van der Waals surface area contributed by atoms with Gasteiger partial charge in [-0.25, -0.2) is 9.18 Å². The third-order valence-electron chi connectivity index (χ3n) is 4.01. The Morgan fingerprint density at radius 2 is 2.13 bits per heavy atom. The van der Waals surface area contributed by atoms with Crippen molar-refractivity contribution in [2.75, 3.05) is 11.3 Å². The molecule has 0 unspecified atom stereocenters. The Bertz CT molecular complexity index is 939. The zero-order valence-corrected chi connectivity index (χ0v) is 17.9. The van der Waals surface area contributed by atoms with Crippen LogP contribution >= 0.6 is 23.2 Å². The maximum atomic E-state index is 13.9. The topological polar surface area (TPSA) is 102 Å². The van der Waals surface area contributed by atoms with Gasteiger partial charge in [0, 0.05) is 16.7 Å². The molecule has 0 aliphatic rings. The van der Waals surface area contributed by atoms with Crippen LogP contribution in [0.15, 0.2) is 18.2 Å². The summed E-state index contributed by atoms with van der Waals surface area (Å²) in [5.41, 5.74) is 0.0219. The Kier molecular flexibility index (Phi) is 8.45. The first-order valence-electron chi connectivity index (χ1n) is 8.94. The van der Waals surface area contributed by atoms with E-state index in [9.17, 15) is 19.0 Å². The molecule has 30 heavy (non-hydrogen) atoms. The summed E-state index contributed by atoms with van der Waals surface area (Å²) in [6, 6.07) is 3.71. The minimum absolute atomic E-state index is 0.0133. The van der Waals surface area contributed by atoms with Crippen LogP contribution < -0.4 is 9.46 Å². The number of ether oxygens (including phenoxy) is 2. The fourth-order valence-corrected chi connectivity index (χ4v) is 3.30. The van der Waals surface area contributed by atoms with Gasteiger partial charge in [0.15, 0.2) is 17.3 Å². The van der Waals surface area contributed by atoms with Crippen LogP contribution in [0.2, 0.25) is 16.9 Å². The molecule has 2 rings (SSSR count). The molecule has 0 saturated carbocycles. The van der Waals surface area contributed by atoms with Crippen LogP contribution in [0.5, 0.6) is 5.75 Å². The molecular weight excluding hydrogens is 438 g/mol. The summed E-state index contributed by atoms with van der Waals surface area (Å²) < 4.78 is 25.9. The molecule has 0 bridgehead atoms. The third-order valence-corrected chi connectivity index (χ3v) is 4.72. The number of hydrogen-bond acceptors (Lipinski definition) is 8. The third kappa shape index (κ3) is 5.41. The normalized spacial score (nSPS) is 11.4. The van der Waals surface area contributed by atoms with E-state index in [4.69, 9.17) is 32.7 Å². The monoisotopic (exact) mass is 455 g/mol. The predicted molar refractivity (Wildman–Crippen MR) is 114 cm³/mol. The van der Waals surface area contributed by atoms with Crippen LogP contribution in [0.3, 0.4) is 0 Å². The number of rotatable bonds is 9. The number of carbonyl (C=O) groups excluding carboxylic acids is 2. The van der Waals surface area contributed by atoms with E-state index in [-0.39, 0.29) is 46.9 Å². The summed E-state index contributed by atoms with van der Waals surface area (Å²) in [6.07, 6.45) is -0.327. The SMILES string of the molecule is CCOC(=O)c1cc(O[C@H](C)c2c(Cl)ccc(F)c2Cl)c(N(BC=O)B(C)O)nn1. The second kappa shape index (κ2) is 10.6. The Morgan fingerprint density at radius 1 is 1.43 bits per heavy atom. The Labute approximate surface area is 183 Å². The number of anilines is 1. The molecule has 0 fully saturated rings. The summed E-state index contributed by atoms with van der Waals surface area (Å²) >= 11 is 12.2. The fraction of sp³-hybridized carbons (Fsp3) is 0.294. The average Bonchev–Trinajstić information content (AvgIpc) is 2.69. The van der Waals surface area contributed by atoms with Crippen molar-refractivity contribution in [1.82, 2.24) is 10.2 Å². The van der Waals surface area contributed by atoms with Crippen molar-refractivity contribution in [3.63, 3.8) is 0 Å². The molecule has 0 spiro atoms. The maximum absolute atomic E-state index is 13.9. The fourth-order valence-electron chi connectivity index (χ4n) is 2.62. The van der Waals surface area contributed by atoms with Crippen LogP contribution in [-0.2, 0) is 9.53 Å². The average molecular weight is 456 g/mol. The van der Waals surface area contributed by atoms with Crippen molar-refractivity contribution in [1.29, 1.82) is 0 Å². The number of aromatic nitrogens is 2. The summed E-state index contributed by atoms with van der Waals surface area (Å²) in [6.45, 7) is 4.73. The second-order valence-corrected chi connectivity index (χ2v) is 6.89. The molecule has 0 radical (unpaired) electrons. The summed E-state index contributed by atoms with van der Waals surface area (Å²) in [5, 5.41) is 17.7. The lowest BCUT2D eigenvalue weighted by atomic mass is 9.73. The van der Waals surface area contributed by atoms with Gasteiger partial charge in [0.2, 0.25) is 0 Å². The van der Waals surface area contributed by atoms with Crippen LogP contribution in [-0.4, -0.2) is 48.4 Å². The van der Waals surface area contributed by atoms with Crippen molar-refractivity contribution in [2.45, 2.75) is 26.8 Å². The van der Waals surface area contributed by atoms with Gasteiger partial charge in [-0.1, -0.05) is 23.2 Å². The Hall–Kier alpha value is -2.36. The molecule has 0 saturated heterocycles. The van der Waals surface area contributed by atoms with E-state index in [0.29, 0.717) is 6.19 Å². The standard InChI is InChI=1S/C17H18B2Cl2FN3O5/c1-4-29-17(27)12-7-13(16(24-23-12)25(18-8-26)19(3)28)30-9(2)14-10(20)5-6-11(22)15(14)21/h5-9,18,28H,4H2,1-3H3/t9-/m1/s1. The van der Waals surface area contributed by atoms with E-state index in [0.717, 1.165) is 6.07 Å². The lowest BCUT2D eigenvalue weighted by Crippen LogP contribution is -2.42. The smallest absolute Gasteiger partial charge is 0.397 e. The first-order chi connectivity index (χ1) is 14.2. The van der Waals surface area contributed by atoms with Crippen LogP contribution in [0.25, 0.3) is 0 Å². The van der Waals surface area contributed by atoms with Crippen LogP contribution in [0.1, 0.15) is 36.0 Å². The lowest BCUT2D eigenvalue weighted by Gasteiger charge is -2.26. The van der Waals surface area contributed by atoms with Gasteiger partial charge in [-0.2, -0.15) is 0 Å². The minimum atomic E-state index is -1.13.